The van der Waals surface area contributed by atoms with Crippen molar-refractivity contribution in [1.82, 2.24) is 9.21 Å². The number of halogens is 1. The highest BCUT2D eigenvalue weighted by molar-refractivity contribution is 7.89. The van der Waals surface area contributed by atoms with Crippen molar-refractivity contribution in [2.45, 2.75) is 42.5 Å². The summed E-state index contributed by atoms with van der Waals surface area (Å²) < 4.78 is 47.0. The van der Waals surface area contributed by atoms with E-state index in [1.165, 1.54) is 22.0 Å². The van der Waals surface area contributed by atoms with E-state index in [9.17, 15) is 17.6 Å². The van der Waals surface area contributed by atoms with Crippen LogP contribution < -0.4 is 0 Å². The van der Waals surface area contributed by atoms with E-state index in [-0.39, 0.29) is 29.6 Å². The number of carbonyl (C=O) groups is 1. The summed E-state index contributed by atoms with van der Waals surface area (Å²) in [6, 6.07) is 13.8. The van der Waals surface area contributed by atoms with Crippen LogP contribution in [0.1, 0.15) is 47.5 Å². The van der Waals surface area contributed by atoms with Crippen LogP contribution in [0.5, 0.6) is 0 Å². The molecule has 1 amide bonds. The van der Waals surface area contributed by atoms with Gasteiger partial charge in [0, 0.05) is 26.2 Å². The van der Waals surface area contributed by atoms with E-state index >= 15 is 0 Å². The molecule has 1 aliphatic carbocycles. The number of hydrogen-bond donors (Lipinski definition) is 0. The third kappa shape index (κ3) is 4.72. The molecule has 1 aliphatic heterocycles. The minimum absolute atomic E-state index is 0.00127. The fraction of sp³-hybridized carbons (Fsp3) is 0.458. The lowest BCUT2D eigenvalue weighted by molar-refractivity contribution is 0.0684. The Labute approximate surface area is 189 Å². The zero-order valence-electron chi connectivity index (χ0n) is 18.2. The Balaban J connectivity index is 1.47. The number of amides is 1. The number of nitrogens with zero attached hydrogens (tertiary/aromatic N) is 2. The van der Waals surface area contributed by atoms with Crippen LogP contribution in [0, 0.1) is 5.82 Å². The van der Waals surface area contributed by atoms with Gasteiger partial charge in [-0.1, -0.05) is 30.3 Å². The second-order valence-corrected chi connectivity index (χ2v) is 10.4. The smallest absolute Gasteiger partial charge is 0.256 e. The topological polar surface area (TPSA) is 66.9 Å². The summed E-state index contributed by atoms with van der Waals surface area (Å²) in [6.07, 6.45) is 3.57. The van der Waals surface area contributed by atoms with Gasteiger partial charge < -0.3 is 9.64 Å². The summed E-state index contributed by atoms with van der Waals surface area (Å²) in [6.45, 7) is 1.13. The molecule has 172 valence electrons. The van der Waals surface area contributed by atoms with Crippen molar-refractivity contribution in [1.29, 1.82) is 0 Å². The first kappa shape index (κ1) is 22.9. The zero-order valence-corrected chi connectivity index (χ0v) is 19.1. The Morgan fingerprint density at radius 2 is 1.69 bits per heavy atom. The maximum Gasteiger partial charge on any atom is 0.256 e. The van der Waals surface area contributed by atoms with Crippen LogP contribution in [0.25, 0.3) is 0 Å². The number of benzene rings is 2. The van der Waals surface area contributed by atoms with Gasteiger partial charge in [-0.2, -0.15) is 4.31 Å². The van der Waals surface area contributed by atoms with Crippen molar-refractivity contribution in [3.05, 3.63) is 65.5 Å². The summed E-state index contributed by atoms with van der Waals surface area (Å²) in [7, 11) is -2.13. The minimum atomic E-state index is -3.81. The van der Waals surface area contributed by atoms with E-state index in [4.69, 9.17) is 4.74 Å². The predicted molar refractivity (Wildman–Crippen MR) is 120 cm³/mol. The summed E-state index contributed by atoms with van der Waals surface area (Å²) >= 11 is 0. The van der Waals surface area contributed by atoms with E-state index in [0.29, 0.717) is 19.1 Å². The summed E-state index contributed by atoms with van der Waals surface area (Å²) in [5.74, 6) is -0.722. The molecule has 1 saturated carbocycles. The molecule has 0 N–H and O–H groups in total. The van der Waals surface area contributed by atoms with Gasteiger partial charge in [-0.05, 0) is 55.4 Å². The van der Waals surface area contributed by atoms with Crippen LogP contribution in [0.15, 0.2) is 53.4 Å². The third-order valence-corrected chi connectivity index (χ3v) is 8.51. The van der Waals surface area contributed by atoms with Crippen LogP contribution in [0.3, 0.4) is 0 Å². The summed E-state index contributed by atoms with van der Waals surface area (Å²) in [4.78, 5) is 14.6. The molecule has 1 saturated heterocycles. The van der Waals surface area contributed by atoms with Crippen LogP contribution in [0.2, 0.25) is 0 Å². The molecule has 0 atom stereocenters. The van der Waals surface area contributed by atoms with Gasteiger partial charge in [0.15, 0.2) is 0 Å². The molecule has 2 aromatic rings. The van der Waals surface area contributed by atoms with Crippen molar-refractivity contribution < 1.29 is 22.3 Å². The highest BCUT2D eigenvalue weighted by Crippen LogP contribution is 2.35. The molecule has 6 nitrogen and oxygen atoms in total. The molecule has 32 heavy (non-hydrogen) atoms. The lowest BCUT2D eigenvalue weighted by atomic mass is 9.81. The SMILES string of the molecule is CN(C(=O)c1cc(S(=O)(=O)N2CCOCC2)ccc1F)C1CCC(c2ccccc2)CC1. The highest BCUT2D eigenvalue weighted by atomic mass is 32.2. The monoisotopic (exact) mass is 460 g/mol. The molecule has 2 aliphatic rings. The Bertz CT molecular complexity index is 1050. The van der Waals surface area contributed by atoms with E-state index in [1.807, 2.05) is 18.2 Å². The number of carbonyl (C=O) groups excluding carboxylic acids is 1. The van der Waals surface area contributed by atoms with E-state index < -0.39 is 21.7 Å². The lowest BCUT2D eigenvalue weighted by Crippen LogP contribution is -2.41. The van der Waals surface area contributed by atoms with E-state index in [0.717, 1.165) is 31.7 Å². The van der Waals surface area contributed by atoms with Crippen LogP contribution in [0.4, 0.5) is 4.39 Å². The van der Waals surface area contributed by atoms with E-state index in [2.05, 4.69) is 12.1 Å². The molecule has 0 unspecified atom stereocenters. The molecule has 4 rings (SSSR count). The molecule has 1 heterocycles. The quantitative estimate of drug-likeness (QED) is 0.683. The van der Waals surface area contributed by atoms with Gasteiger partial charge >= 0.3 is 0 Å². The van der Waals surface area contributed by atoms with Gasteiger partial charge in [0.2, 0.25) is 10.0 Å². The van der Waals surface area contributed by atoms with Crippen molar-refractivity contribution >= 4 is 15.9 Å². The van der Waals surface area contributed by atoms with Gasteiger partial charge in [0.05, 0.1) is 23.7 Å². The fourth-order valence-electron chi connectivity index (χ4n) is 4.64. The van der Waals surface area contributed by atoms with Gasteiger partial charge in [0.25, 0.3) is 5.91 Å². The number of morpholine rings is 1. The third-order valence-electron chi connectivity index (χ3n) is 6.61. The second kappa shape index (κ2) is 9.68. The minimum Gasteiger partial charge on any atom is -0.379 e. The largest absolute Gasteiger partial charge is 0.379 e. The molecule has 8 heteroatoms. The maximum absolute atomic E-state index is 14.6. The number of hydrogen-bond acceptors (Lipinski definition) is 4. The first-order valence-electron chi connectivity index (χ1n) is 11.1. The molecule has 0 bridgehead atoms. The van der Waals surface area contributed by atoms with Crippen LogP contribution in [-0.4, -0.2) is 62.9 Å². The molecule has 2 aromatic carbocycles. The fourth-order valence-corrected chi connectivity index (χ4v) is 6.08. The van der Waals surface area contributed by atoms with E-state index in [1.54, 1.807) is 11.9 Å². The maximum atomic E-state index is 14.6. The Morgan fingerprint density at radius 1 is 1.03 bits per heavy atom. The Kier molecular flexibility index (Phi) is 6.93. The number of ether oxygens (including phenoxy) is 1. The predicted octanol–water partition coefficient (Wildman–Crippen LogP) is 3.65. The molecule has 2 fully saturated rings. The van der Waals surface area contributed by atoms with Crippen LogP contribution >= 0.6 is 0 Å². The van der Waals surface area contributed by atoms with Gasteiger partial charge in [-0.3, -0.25) is 4.79 Å². The summed E-state index contributed by atoms with van der Waals surface area (Å²) in [5, 5.41) is 0. The van der Waals surface area contributed by atoms with Crippen molar-refractivity contribution in [3.8, 4) is 0 Å². The first-order chi connectivity index (χ1) is 15.4. The normalized spacial score (nSPS) is 22.4. The summed E-state index contributed by atoms with van der Waals surface area (Å²) in [5.41, 5.74) is 1.11. The van der Waals surface area contributed by atoms with Crippen molar-refractivity contribution in [2.24, 2.45) is 0 Å². The van der Waals surface area contributed by atoms with Gasteiger partial charge in [-0.15, -0.1) is 0 Å². The molecule has 0 spiro atoms. The van der Waals surface area contributed by atoms with Crippen molar-refractivity contribution in [3.63, 3.8) is 0 Å². The zero-order chi connectivity index (χ0) is 22.7. The average molecular weight is 461 g/mol. The van der Waals surface area contributed by atoms with Gasteiger partial charge in [0.1, 0.15) is 5.82 Å². The molecular weight excluding hydrogens is 431 g/mol. The average Bonchev–Trinajstić information content (AvgIpc) is 2.84. The molecular formula is C24H29FN2O4S. The van der Waals surface area contributed by atoms with Crippen molar-refractivity contribution in [2.75, 3.05) is 33.4 Å². The number of rotatable bonds is 5. The highest BCUT2D eigenvalue weighted by Gasteiger charge is 2.31. The van der Waals surface area contributed by atoms with Gasteiger partial charge in [-0.25, -0.2) is 12.8 Å². The standard InChI is InChI=1S/C24H29FN2O4S/c1-26(20-9-7-19(8-10-20)18-5-3-2-4-6-18)24(28)22-17-21(11-12-23(22)25)32(29,30)27-13-15-31-16-14-27/h2-6,11-12,17,19-20H,7-10,13-16H2,1H3. The second-order valence-electron chi connectivity index (χ2n) is 8.49. The molecule has 0 aromatic heterocycles. The Morgan fingerprint density at radius 3 is 2.34 bits per heavy atom. The van der Waals surface area contributed by atoms with Crippen LogP contribution in [-0.2, 0) is 14.8 Å². The lowest BCUT2D eigenvalue weighted by Gasteiger charge is -2.35. The number of sulfonamides is 1. The molecule has 0 radical (unpaired) electrons. The Hall–Kier alpha value is -2.29. The first-order valence-corrected chi connectivity index (χ1v) is 12.5.